The Kier molecular flexibility index (Phi) is 7.45. The summed E-state index contributed by atoms with van der Waals surface area (Å²) in [6.45, 7) is 6.77. The molecular weight excluding hydrogens is 402 g/mol. The van der Waals surface area contributed by atoms with Gasteiger partial charge in [0.15, 0.2) is 0 Å². The maximum atomic E-state index is 12.7. The molecule has 2 heterocycles. The third-order valence-electron chi connectivity index (χ3n) is 6.37. The second kappa shape index (κ2) is 10.5. The summed E-state index contributed by atoms with van der Waals surface area (Å²) in [5.41, 5.74) is 4.26. The summed E-state index contributed by atoms with van der Waals surface area (Å²) in [7, 11) is 0. The molecule has 0 radical (unpaired) electrons. The van der Waals surface area contributed by atoms with Gasteiger partial charge in [-0.05, 0) is 62.4 Å². The quantitative estimate of drug-likeness (QED) is 0.620. The van der Waals surface area contributed by atoms with Crippen LogP contribution in [0.25, 0.3) is 0 Å². The van der Waals surface area contributed by atoms with E-state index >= 15 is 0 Å². The Labute approximate surface area is 191 Å². The molecule has 2 aliphatic rings. The highest BCUT2D eigenvalue weighted by atomic mass is 16.5. The molecule has 2 aromatic rings. The lowest BCUT2D eigenvalue weighted by Crippen LogP contribution is -2.42. The Hall–Kier alpha value is -2.41. The van der Waals surface area contributed by atoms with Crippen LogP contribution in [0.1, 0.15) is 48.2 Å². The van der Waals surface area contributed by atoms with Gasteiger partial charge in [0.1, 0.15) is 0 Å². The minimum atomic E-state index is -0.601. The van der Waals surface area contributed by atoms with Crippen LogP contribution in [0.5, 0.6) is 0 Å². The van der Waals surface area contributed by atoms with Crippen molar-refractivity contribution in [1.82, 2.24) is 10.2 Å². The number of benzene rings is 2. The zero-order valence-corrected chi connectivity index (χ0v) is 19.1. The predicted molar refractivity (Wildman–Crippen MR) is 127 cm³/mol. The number of aliphatic hydroxyl groups is 1. The lowest BCUT2D eigenvalue weighted by molar-refractivity contribution is -0.0337. The molecule has 0 saturated carbocycles. The molecule has 0 spiro atoms. The number of ether oxygens (including phenoxy) is 1. The number of rotatable bonds is 7. The minimum Gasteiger partial charge on any atom is -0.390 e. The zero-order chi connectivity index (χ0) is 22.5. The molecule has 3 unspecified atom stereocenters. The van der Waals surface area contributed by atoms with Crippen LogP contribution in [0.2, 0.25) is 0 Å². The summed E-state index contributed by atoms with van der Waals surface area (Å²) in [5, 5.41) is 16.9. The Bertz CT molecular complexity index is 909. The molecule has 6 heteroatoms. The normalized spacial score (nSPS) is 24.4. The Balaban J connectivity index is 1.25. The van der Waals surface area contributed by atoms with Gasteiger partial charge >= 0.3 is 0 Å². The van der Waals surface area contributed by atoms with Crippen LogP contribution in [0.4, 0.5) is 5.69 Å². The lowest BCUT2D eigenvalue weighted by atomic mass is 9.99. The predicted octanol–water partition coefficient (Wildman–Crippen LogP) is 3.20. The third-order valence-corrected chi connectivity index (χ3v) is 6.37. The summed E-state index contributed by atoms with van der Waals surface area (Å²) in [6, 6.07) is 16.4. The molecular formula is C26H35N3O3. The van der Waals surface area contributed by atoms with Gasteiger partial charge in [-0.25, -0.2) is 0 Å². The van der Waals surface area contributed by atoms with Crippen LogP contribution < -0.4 is 10.6 Å². The molecule has 0 aliphatic carbocycles. The molecule has 1 saturated heterocycles. The lowest BCUT2D eigenvalue weighted by Gasteiger charge is -2.33. The Morgan fingerprint density at radius 3 is 2.66 bits per heavy atom. The number of amides is 1. The molecule has 2 aromatic carbocycles. The number of nitrogens with zero attached hydrogens (tertiary/aromatic N) is 1. The Morgan fingerprint density at radius 1 is 1.12 bits per heavy atom. The highest BCUT2D eigenvalue weighted by Gasteiger charge is 2.24. The van der Waals surface area contributed by atoms with Crippen molar-refractivity contribution in [1.29, 1.82) is 0 Å². The molecule has 32 heavy (non-hydrogen) atoms. The van der Waals surface area contributed by atoms with E-state index in [0.29, 0.717) is 18.2 Å². The number of carbonyl (C=O) groups is 1. The molecule has 172 valence electrons. The van der Waals surface area contributed by atoms with Crippen molar-refractivity contribution < 1.29 is 14.6 Å². The number of aliphatic hydroxyl groups excluding tert-OH is 1. The van der Waals surface area contributed by atoms with E-state index in [4.69, 9.17) is 4.74 Å². The van der Waals surface area contributed by atoms with Crippen LogP contribution in [0.15, 0.2) is 48.5 Å². The Morgan fingerprint density at radius 2 is 1.88 bits per heavy atom. The second-order valence-electron chi connectivity index (χ2n) is 9.27. The zero-order valence-electron chi connectivity index (χ0n) is 19.1. The van der Waals surface area contributed by atoms with E-state index in [-0.39, 0.29) is 24.7 Å². The molecule has 4 rings (SSSR count). The monoisotopic (exact) mass is 437 g/mol. The van der Waals surface area contributed by atoms with Crippen molar-refractivity contribution in [3.05, 3.63) is 65.2 Å². The van der Waals surface area contributed by atoms with Crippen LogP contribution >= 0.6 is 0 Å². The molecule has 1 fully saturated rings. The van der Waals surface area contributed by atoms with Crippen LogP contribution in [-0.2, 0) is 17.7 Å². The van der Waals surface area contributed by atoms with Crippen molar-refractivity contribution in [2.24, 2.45) is 0 Å². The second-order valence-corrected chi connectivity index (χ2v) is 9.27. The van der Waals surface area contributed by atoms with E-state index in [1.54, 1.807) is 0 Å². The van der Waals surface area contributed by atoms with Crippen LogP contribution in [0.3, 0.4) is 0 Å². The van der Waals surface area contributed by atoms with E-state index in [1.807, 2.05) is 24.3 Å². The molecule has 1 amide bonds. The number of anilines is 1. The SMILES string of the molecule is CC1CC(Nc2cccc(C(=O)NCC(O)CN3CCc4ccccc4C3)c2)CC(C)O1. The first-order valence-corrected chi connectivity index (χ1v) is 11.7. The van der Waals surface area contributed by atoms with E-state index in [1.165, 1.54) is 11.1 Å². The van der Waals surface area contributed by atoms with Crippen molar-refractivity contribution >= 4 is 11.6 Å². The first-order valence-electron chi connectivity index (χ1n) is 11.7. The van der Waals surface area contributed by atoms with Gasteiger partial charge in [-0.2, -0.15) is 0 Å². The van der Waals surface area contributed by atoms with E-state index in [2.05, 4.69) is 53.6 Å². The van der Waals surface area contributed by atoms with Gasteiger partial charge < -0.3 is 20.5 Å². The van der Waals surface area contributed by atoms with Crippen LogP contribution in [0, 0.1) is 0 Å². The molecule has 6 nitrogen and oxygen atoms in total. The minimum absolute atomic E-state index is 0.162. The van der Waals surface area contributed by atoms with Gasteiger partial charge in [-0.3, -0.25) is 9.69 Å². The first kappa shape index (κ1) is 22.8. The van der Waals surface area contributed by atoms with Gasteiger partial charge in [0, 0.05) is 43.5 Å². The van der Waals surface area contributed by atoms with E-state index in [9.17, 15) is 9.90 Å². The fourth-order valence-corrected chi connectivity index (χ4v) is 4.89. The maximum Gasteiger partial charge on any atom is 0.251 e. The average Bonchev–Trinajstić information content (AvgIpc) is 2.77. The number of hydrogen-bond acceptors (Lipinski definition) is 5. The average molecular weight is 438 g/mol. The number of carbonyl (C=O) groups excluding carboxylic acids is 1. The first-order chi connectivity index (χ1) is 15.5. The molecule has 0 aromatic heterocycles. The summed E-state index contributed by atoms with van der Waals surface area (Å²) < 4.78 is 5.81. The molecule has 2 aliphatic heterocycles. The highest BCUT2D eigenvalue weighted by Crippen LogP contribution is 2.23. The molecule has 0 bridgehead atoms. The summed E-state index contributed by atoms with van der Waals surface area (Å²) in [5.74, 6) is -0.162. The highest BCUT2D eigenvalue weighted by molar-refractivity contribution is 5.95. The van der Waals surface area contributed by atoms with Gasteiger partial charge in [0.25, 0.3) is 5.91 Å². The smallest absolute Gasteiger partial charge is 0.251 e. The number of β-amino-alcohol motifs (C(OH)–C–C–N with tert-alkyl or cyclic N) is 1. The summed E-state index contributed by atoms with van der Waals surface area (Å²) >= 11 is 0. The maximum absolute atomic E-state index is 12.7. The van der Waals surface area contributed by atoms with Crippen molar-refractivity contribution in [2.45, 2.75) is 64.0 Å². The van der Waals surface area contributed by atoms with Gasteiger partial charge in [0.2, 0.25) is 0 Å². The summed E-state index contributed by atoms with van der Waals surface area (Å²) in [4.78, 5) is 14.9. The number of fused-ring (bicyclic) bond motifs is 1. The molecule has 3 N–H and O–H groups in total. The topological polar surface area (TPSA) is 73.8 Å². The largest absolute Gasteiger partial charge is 0.390 e. The third kappa shape index (κ3) is 6.09. The fraction of sp³-hybridized carbons (Fsp3) is 0.500. The molecule has 3 atom stereocenters. The van der Waals surface area contributed by atoms with Crippen LogP contribution in [-0.4, -0.2) is 59.9 Å². The number of hydrogen-bond donors (Lipinski definition) is 3. The van der Waals surface area contributed by atoms with E-state index in [0.717, 1.165) is 38.0 Å². The summed E-state index contributed by atoms with van der Waals surface area (Å²) in [6.07, 6.45) is 2.77. The standard InChI is InChI=1S/C26H35N3O3/c1-18-12-24(13-19(2)32-18)28-23-9-5-8-21(14-23)26(31)27-15-25(30)17-29-11-10-20-6-3-4-7-22(20)16-29/h3-9,14,18-19,24-25,28,30H,10-13,15-17H2,1-2H3,(H,27,31). The van der Waals surface area contributed by atoms with Crippen molar-refractivity contribution in [3.8, 4) is 0 Å². The number of nitrogens with one attached hydrogen (secondary N) is 2. The van der Waals surface area contributed by atoms with Gasteiger partial charge in [-0.15, -0.1) is 0 Å². The van der Waals surface area contributed by atoms with Gasteiger partial charge in [-0.1, -0.05) is 30.3 Å². The fourth-order valence-electron chi connectivity index (χ4n) is 4.89. The van der Waals surface area contributed by atoms with Gasteiger partial charge in [0.05, 0.1) is 18.3 Å². The van der Waals surface area contributed by atoms with Crippen molar-refractivity contribution in [3.63, 3.8) is 0 Å². The van der Waals surface area contributed by atoms with Crippen molar-refractivity contribution in [2.75, 3.05) is 25.0 Å². The van der Waals surface area contributed by atoms with E-state index < -0.39 is 6.10 Å².